The summed E-state index contributed by atoms with van der Waals surface area (Å²) in [5.74, 6) is 0. The highest BCUT2D eigenvalue weighted by Crippen LogP contribution is 2.45. The molecule has 19 heavy (non-hydrogen) atoms. The van der Waals surface area contributed by atoms with Gasteiger partial charge >= 0.3 is 6.09 Å². The van der Waals surface area contributed by atoms with Crippen LogP contribution in [0, 0.1) is 5.41 Å². The summed E-state index contributed by atoms with van der Waals surface area (Å²) in [6.45, 7) is 11.0. The monoisotopic (exact) mass is 269 g/mol. The fourth-order valence-corrected chi connectivity index (χ4v) is 2.49. The molecule has 5 nitrogen and oxygen atoms in total. The normalized spacial score (nSPS) is 23.3. The summed E-state index contributed by atoms with van der Waals surface area (Å²) in [6, 6.07) is 0. The Kier molecular flexibility index (Phi) is 4.06. The third-order valence-electron chi connectivity index (χ3n) is 3.97. The second kappa shape index (κ2) is 5.29. The third kappa shape index (κ3) is 4.08. The third-order valence-corrected chi connectivity index (χ3v) is 3.97. The van der Waals surface area contributed by atoms with Crippen molar-refractivity contribution in [3.05, 3.63) is 0 Å². The van der Waals surface area contributed by atoms with Gasteiger partial charge in [-0.3, -0.25) is 4.90 Å². The van der Waals surface area contributed by atoms with E-state index in [2.05, 4.69) is 4.90 Å². The Morgan fingerprint density at radius 2 is 1.79 bits per heavy atom. The maximum atomic E-state index is 11.9. The zero-order chi connectivity index (χ0) is 14.1. The lowest BCUT2D eigenvalue weighted by Gasteiger charge is -2.37. The molecule has 2 fully saturated rings. The van der Waals surface area contributed by atoms with Gasteiger partial charge in [-0.2, -0.15) is 0 Å². The summed E-state index contributed by atoms with van der Waals surface area (Å²) in [5, 5.41) is 0. The zero-order valence-electron chi connectivity index (χ0n) is 12.4. The van der Waals surface area contributed by atoms with E-state index < -0.39 is 5.60 Å². The Morgan fingerprint density at radius 3 is 2.21 bits per heavy atom. The highest BCUT2D eigenvalue weighted by molar-refractivity contribution is 5.68. The van der Waals surface area contributed by atoms with Crippen LogP contribution in [-0.2, 0) is 4.74 Å². The molecule has 2 rings (SSSR count). The number of carbonyl (C=O) groups is 1. The Balaban J connectivity index is 1.74. The molecule has 0 radical (unpaired) electrons. The Hall–Kier alpha value is -0.810. The van der Waals surface area contributed by atoms with Gasteiger partial charge in [-0.25, -0.2) is 4.79 Å². The Bertz CT molecular complexity index is 326. The first-order valence-electron chi connectivity index (χ1n) is 7.24. The second-order valence-electron chi connectivity index (χ2n) is 6.95. The molecule has 1 saturated carbocycles. The molecule has 110 valence electrons. The Morgan fingerprint density at radius 1 is 1.21 bits per heavy atom. The zero-order valence-corrected chi connectivity index (χ0v) is 12.4. The van der Waals surface area contributed by atoms with Crippen LogP contribution in [0.1, 0.15) is 33.6 Å². The summed E-state index contributed by atoms with van der Waals surface area (Å²) in [7, 11) is 0. The summed E-state index contributed by atoms with van der Waals surface area (Å²) < 4.78 is 5.40. The molecule has 5 heteroatoms. The van der Waals surface area contributed by atoms with E-state index in [1.165, 1.54) is 12.8 Å². The van der Waals surface area contributed by atoms with Crippen molar-refractivity contribution in [2.45, 2.75) is 39.2 Å². The van der Waals surface area contributed by atoms with Crippen LogP contribution in [0.3, 0.4) is 0 Å². The lowest BCUT2D eigenvalue weighted by Crippen LogP contribution is -2.51. The van der Waals surface area contributed by atoms with Gasteiger partial charge < -0.3 is 15.4 Å². The van der Waals surface area contributed by atoms with Crippen molar-refractivity contribution in [3.63, 3.8) is 0 Å². The van der Waals surface area contributed by atoms with Crippen LogP contribution in [0.25, 0.3) is 0 Å². The second-order valence-corrected chi connectivity index (χ2v) is 6.95. The summed E-state index contributed by atoms with van der Waals surface area (Å²) >= 11 is 0. The van der Waals surface area contributed by atoms with Crippen LogP contribution in [0.2, 0.25) is 0 Å². The van der Waals surface area contributed by atoms with Crippen molar-refractivity contribution >= 4 is 6.09 Å². The van der Waals surface area contributed by atoms with Gasteiger partial charge in [0.2, 0.25) is 0 Å². The number of rotatable bonds is 3. The SMILES string of the molecule is CC(C)(C)OC(=O)N1CCN(CC2(CN)CC2)CC1. The minimum atomic E-state index is -0.411. The summed E-state index contributed by atoms with van der Waals surface area (Å²) in [6.07, 6.45) is 2.33. The Labute approximate surface area is 116 Å². The van der Waals surface area contributed by atoms with Crippen molar-refractivity contribution in [2.24, 2.45) is 11.1 Å². The number of hydrogen-bond acceptors (Lipinski definition) is 4. The van der Waals surface area contributed by atoms with Crippen LogP contribution in [0.4, 0.5) is 4.79 Å². The first kappa shape index (κ1) is 14.6. The molecule has 2 aliphatic rings. The van der Waals surface area contributed by atoms with Gasteiger partial charge in [-0.05, 0) is 45.6 Å². The van der Waals surface area contributed by atoms with Gasteiger partial charge in [0.05, 0.1) is 0 Å². The maximum Gasteiger partial charge on any atom is 0.410 e. The van der Waals surface area contributed by atoms with Gasteiger partial charge in [0.25, 0.3) is 0 Å². The number of nitrogens with two attached hydrogens (primary N) is 1. The number of carbonyl (C=O) groups excluding carboxylic acids is 1. The fourth-order valence-electron chi connectivity index (χ4n) is 2.49. The summed E-state index contributed by atoms with van der Waals surface area (Å²) in [4.78, 5) is 16.2. The number of nitrogens with zero attached hydrogens (tertiary/aromatic N) is 2. The smallest absolute Gasteiger partial charge is 0.410 e. The maximum absolute atomic E-state index is 11.9. The van der Waals surface area contributed by atoms with Crippen LogP contribution in [0.5, 0.6) is 0 Å². The number of ether oxygens (including phenoxy) is 1. The van der Waals surface area contributed by atoms with Gasteiger partial charge in [0, 0.05) is 32.7 Å². The first-order chi connectivity index (χ1) is 8.84. The molecule has 0 aromatic rings. The van der Waals surface area contributed by atoms with Gasteiger partial charge in [-0.15, -0.1) is 0 Å². The molecule has 2 N–H and O–H groups in total. The van der Waals surface area contributed by atoms with Crippen LogP contribution < -0.4 is 5.73 Å². The van der Waals surface area contributed by atoms with E-state index in [-0.39, 0.29) is 6.09 Å². The lowest BCUT2D eigenvalue weighted by atomic mass is 10.1. The minimum Gasteiger partial charge on any atom is -0.444 e. The quantitative estimate of drug-likeness (QED) is 0.838. The largest absolute Gasteiger partial charge is 0.444 e. The molecule has 0 atom stereocenters. The molecule has 1 heterocycles. The van der Waals surface area contributed by atoms with Crippen molar-refractivity contribution in [2.75, 3.05) is 39.3 Å². The van der Waals surface area contributed by atoms with E-state index in [4.69, 9.17) is 10.5 Å². The van der Waals surface area contributed by atoms with E-state index in [9.17, 15) is 4.79 Å². The van der Waals surface area contributed by atoms with Crippen LogP contribution >= 0.6 is 0 Å². The minimum absolute atomic E-state index is 0.188. The number of amides is 1. The fraction of sp³-hybridized carbons (Fsp3) is 0.929. The van der Waals surface area contributed by atoms with Gasteiger partial charge in [0.15, 0.2) is 0 Å². The average molecular weight is 269 g/mol. The average Bonchev–Trinajstić information content (AvgIpc) is 3.08. The topological polar surface area (TPSA) is 58.8 Å². The number of hydrogen-bond donors (Lipinski definition) is 1. The molecule has 0 unspecified atom stereocenters. The molecule has 1 saturated heterocycles. The van der Waals surface area contributed by atoms with E-state index in [0.29, 0.717) is 5.41 Å². The molecule has 0 aromatic heterocycles. The van der Waals surface area contributed by atoms with Crippen LogP contribution in [-0.4, -0.2) is 60.8 Å². The molecule has 0 spiro atoms. The molecule has 1 aliphatic carbocycles. The van der Waals surface area contributed by atoms with Crippen molar-refractivity contribution in [3.8, 4) is 0 Å². The van der Waals surface area contributed by atoms with Crippen molar-refractivity contribution in [1.29, 1.82) is 0 Å². The highest BCUT2D eigenvalue weighted by atomic mass is 16.6. The molecular weight excluding hydrogens is 242 g/mol. The lowest BCUT2D eigenvalue weighted by molar-refractivity contribution is 0.0130. The number of piperazine rings is 1. The van der Waals surface area contributed by atoms with E-state index in [1.54, 1.807) is 0 Å². The van der Waals surface area contributed by atoms with Crippen molar-refractivity contribution < 1.29 is 9.53 Å². The van der Waals surface area contributed by atoms with E-state index >= 15 is 0 Å². The van der Waals surface area contributed by atoms with Gasteiger partial charge in [0.1, 0.15) is 5.60 Å². The highest BCUT2D eigenvalue weighted by Gasteiger charge is 2.43. The standard InChI is InChI=1S/C14H27N3O2/c1-13(2,3)19-12(18)17-8-6-16(7-9-17)11-14(10-15)4-5-14/h4-11,15H2,1-3H3. The molecule has 0 aromatic carbocycles. The molecular formula is C14H27N3O2. The summed E-state index contributed by atoms with van der Waals surface area (Å²) in [5.41, 5.74) is 5.79. The van der Waals surface area contributed by atoms with Crippen LogP contribution in [0.15, 0.2) is 0 Å². The predicted molar refractivity (Wildman–Crippen MR) is 75.0 cm³/mol. The molecule has 0 bridgehead atoms. The van der Waals surface area contributed by atoms with Gasteiger partial charge in [-0.1, -0.05) is 0 Å². The predicted octanol–water partition coefficient (Wildman–Crippen LogP) is 1.28. The first-order valence-corrected chi connectivity index (χ1v) is 7.24. The molecule has 1 aliphatic heterocycles. The van der Waals surface area contributed by atoms with Crippen molar-refractivity contribution in [1.82, 2.24) is 9.80 Å². The molecule has 1 amide bonds. The van der Waals surface area contributed by atoms with E-state index in [1.807, 2.05) is 25.7 Å². The van der Waals surface area contributed by atoms with E-state index in [0.717, 1.165) is 39.3 Å².